The van der Waals surface area contributed by atoms with Gasteiger partial charge < -0.3 is 15.0 Å². The molecule has 1 fully saturated rings. The van der Waals surface area contributed by atoms with Gasteiger partial charge in [0.05, 0.1) is 5.54 Å². The summed E-state index contributed by atoms with van der Waals surface area (Å²) in [5.74, 6) is 1.97. The van der Waals surface area contributed by atoms with E-state index in [2.05, 4.69) is 10.1 Å². The molecule has 1 heterocycles. The van der Waals surface area contributed by atoms with E-state index in [4.69, 9.17) is 15.0 Å². The van der Waals surface area contributed by atoms with E-state index < -0.39 is 5.54 Å². The van der Waals surface area contributed by atoms with Gasteiger partial charge in [-0.1, -0.05) is 43.1 Å². The van der Waals surface area contributed by atoms with Crippen LogP contribution in [0.3, 0.4) is 0 Å². The number of halogens is 1. The largest absolute Gasteiger partial charge is 0.480 e. The molecule has 3 rings (SSSR count). The number of ether oxygens (including phenoxy) is 1. The third-order valence-electron chi connectivity index (χ3n) is 4.39. The fourth-order valence-electron chi connectivity index (χ4n) is 2.95. The van der Waals surface area contributed by atoms with Gasteiger partial charge in [-0.05, 0) is 37.8 Å². The molecule has 1 unspecified atom stereocenters. The van der Waals surface area contributed by atoms with Crippen LogP contribution < -0.4 is 10.5 Å². The lowest BCUT2D eigenvalue weighted by Gasteiger charge is -2.18. The molecule has 1 atom stereocenters. The van der Waals surface area contributed by atoms with Gasteiger partial charge in [-0.15, -0.1) is 12.4 Å². The molecule has 2 N–H and O–H groups in total. The second-order valence-electron chi connectivity index (χ2n) is 6.10. The second-order valence-corrected chi connectivity index (χ2v) is 6.10. The van der Waals surface area contributed by atoms with Crippen LogP contribution >= 0.6 is 12.4 Å². The number of hydrogen-bond acceptors (Lipinski definition) is 5. The fourth-order valence-corrected chi connectivity index (χ4v) is 2.95. The van der Waals surface area contributed by atoms with E-state index in [1.54, 1.807) is 0 Å². The highest BCUT2D eigenvalue weighted by molar-refractivity contribution is 5.85. The first-order valence-corrected chi connectivity index (χ1v) is 7.97. The number of hydrogen-bond donors (Lipinski definition) is 1. The Morgan fingerprint density at radius 2 is 2.00 bits per heavy atom. The SMILES string of the molecule is CCC(Oc1ccccc1C)c1nc(C2(N)CCCC2)no1.Cl. The van der Waals surface area contributed by atoms with Crippen molar-refractivity contribution in [3.05, 3.63) is 41.5 Å². The number of nitrogens with two attached hydrogens (primary N) is 1. The van der Waals surface area contributed by atoms with Crippen LogP contribution in [0.4, 0.5) is 0 Å². The van der Waals surface area contributed by atoms with E-state index in [9.17, 15) is 0 Å². The predicted octanol–water partition coefficient (Wildman–Crippen LogP) is 4.06. The summed E-state index contributed by atoms with van der Waals surface area (Å²) in [7, 11) is 0. The summed E-state index contributed by atoms with van der Waals surface area (Å²) in [4.78, 5) is 4.53. The minimum atomic E-state index is -0.428. The Hall–Kier alpha value is -1.59. The molecule has 0 amide bonds. The lowest BCUT2D eigenvalue weighted by molar-refractivity contribution is 0.153. The monoisotopic (exact) mass is 337 g/mol. The van der Waals surface area contributed by atoms with Crippen molar-refractivity contribution >= 4 is 12.4 Å². The molecule has 1 aliphatic rings. The number of aryl methyl sites for hydroxylation is 1. The van der Waals surface area contributed by atoms with E-state index in [0.717, 1.165) is 43.4 Å². The molecular formula is C17H24ClN3O2. The summed E-state index contributed by atoms with van der Waals surface area (Å²) in [6.45, 7) is 4.06. The molecule has 2 aromatic rings. The Kier molecular flexibility index (Phi) is 5.65. The molecule has 1 aromatic heterocycles. The maximum atomic E-state index is 6.39. The highest BCUT2D eigenvalue weighted by atomic mass is 35.5. The average Bonchev–Trinajstić information content (AvgIpc) is 3.16. The Balaban J connectivity index is 0.00000192. The first-order chi connectivity index (χ1) is 10.6. The van der Waals surface area contributed by atoms with Crippen molar-refractivity contribution in [2.75, 3.05) is 0 Å². The topological polar surface area (TPSA) is 74.2 Å². The number of para-hydroxylation sites is 1. The molecule has 6 heteroatoms. The molecule has 0 radical (unpaired) electrons. The van der Waals surface area contributed by atoms with E-state index in [0.29, 0.717) is 11.7 Å². The molecule has 0 spiro atoms. The van der Waals surface area contributed by atoms with Crippen LogP contribution in [0.5, 0.6) is 5.75 Å². The Labute approximate surface area is 143 Å². The van der Waals surface area contributed by atoms with Crippen LogP contribution in [0.1, 0.15) is 62.4 Å². The van der Waals surface area contributed by atoms with Gasteiger partial charge in [-0.25, -0.2) is 0 Å². The van der Waals surface area contributed by atoms with Crippen molar-refractivity contribution < 1.29 is 9.26 Å². The number of benzene rings is 1. The van der Waals surface area contributed by atoms with Crippen molar-refractivity contribution in [3.8, 4) is 5.75 Å². The van der Waals surface area contributed by atoms with Crippen molar-refractivity contribution in [2.24, 2.45) is 5.73 Å². The minimum Gasteiger partial charge on any atom is -0.480 e. The number of aromatic nitrogens is 2. The summed E-state index contributed by atoms with van der Waals surface area (Å²) in [6.07, 6.45) is 4.60. The Bertz CT molecular complexity index is 638. The first-order valence-electron chi connectivity index (χ1n) is 7.97. The van der Waals surface area contributed by atoms with E-state index in [1.165, 1.54) is 0 Å². The maximum absolute atomic E-state index is 6.39. The summed E-state index contributed by atoms with van der Waals surface area (Å²) < 4.78 is 11.5. The zero-order valence-electron chi connectivity index (χ0n) is 13.6. The van der Waals surface area contributed by atoms with Crippen LogP contribution in [-0.2, 0) is 5.54 Å². The van der Waals surface area contributed by atoms with Gasteiger partial charge in [-0.3, -0.25) is 0 Å². The molecule has 1 aromatic carbocycles. The summed E-state index contributed by atoms with van der Waals surface area (Å²) >= 11 is 0. The molecule has 1 aliphatic carbocycles. The van der Waals surface area contributed by atoms with Crippen LogP contribution in [0.2, 0.25) is 0 Å². The molecule has 126 valence electrons. The third-order valence-corrected chi connectivity index (χ3v) is 4.39. The predicted molar refractivity (Wildman–Crippen MR) is 90.7 cm³/mol. The van der Waals surface area contributed by atoms with Crippen LogP contribution in [0, 0.1) is 6.92 Å². The minimum absolute atomic E-state index is 0. The highest BCUT2D eigenvalue weighted by Gasteiger charge is 2.36. The lowest BCUT2D eigenvalue weighted by Crippen LogP contribution is -2.34. The lowest BCUT2D eigenvalue weighted by atomic mass is 9.99. The standard InChI is InChI=1S/C17H23N3O2.ClH/c1-3-13(21-14-9-5-4-8-12(14)2)15-19-16(20-22-15)17(18)10-6-7-11-17;/h4-5,8-9,13H,3,6-7,10-11,18H2,1-2H3;1H. The normalized spacial score (nSPS) is 17.5. The van der Waals surface area contributed by atoms with Crippen molar-refractivity contribution in [2.45, 2.75) is 57.6 Å². The molecule has 0 saturated heterocycles. The Morgan fingerprint density at radius 3 is 2.65 bits per heavy atom. The van der Waals surface area contributed by atoms with Crippen molar-refractivity contribution in [3.63, 3.8) is 0 Å². The average molecular weight is 338 g/mol. The molecule has 0 aliphatic heterocycles. The number of rotatable bonds is 5. The van der Waals surface area contributed by atoms with Crippen molar-refractivity contribution in [1.82, 2.24) is 10.1 Å². The van der Waals surface area contributed by atoms with Gasteiger partial charge in [0.2, 0.25) is 0 Å². The molecular weight excluding hydrogens is 314 g/mol. The van der Waals surface area contributed by atoms with Gasteiger partial charge in [0.15, 0.2) is 11.9 Å². The van der Waals surface area contributed by atoms with Gasteiger partial charge in [-0.2, -0.15) is 4.98 Å². The quantitative estimate of drug-likeness (QED) is 0.890. The first kappa shape index (κ1) is 17.8. The van der Waals surface area contributed by atoms with Gasteiger partial charge in [0.1, 0.15) is 5.75 Å². The van der Waals surface area contributed by atoms with Crippen molar-refractivity contribution in [1.29, 1.82) is 0 Å². The Morgan fingerprint density at radius 1 is 1.30 bits per heavy atom. The van der Waals surface area contributed by atoms with E-state index in [1.807, 2.05) is 38.1 Å². The van der Waals surface area contributed by atoms with Crippen LogP contribution in [0.15, 0.2) is 28.8 Å². The fraction of sp³-hybridized carbons (Fsp3) is 0.529. The second kappa shape index (κ2) is 7.32. The number of nitrogens with zero attached hydrogens (tertiary/aromatic N) is 2. The molecule has 0 bridgehead atoms. The van der Waals surface area contributed by atoms with Gasteiger partial charge in [0.25, 0.3) is 5.89 Å². The summed E-state index contributed by atoms with van der Waals surface area (Å²) in [5, 5.41) is 4.11. The highest BCUT2D eigenvalue weighted by Crippen LogP contribution is 2.35. The molecule has 5 nitrogen and oxygen atoms in total. The maximum Gasteiger partial charge on any atom is 0.267 e. The van der Waals surface area contributed by atoms with Gasteiger partial charge in [0, 0.05) is 0 Å². The smallest absolute Gasteiger partial charge is 0.267 e. The van der Waals surface area contributed by atoms with Crippen LogP contribution in [0.25, 0.3) is 0 Å². The third kappa shape index (κ3) is 3.67. The zero-order valence-corrected chi connectivity index (χ0v) is 14.4. The summed E-state index contributed by atoms with van der Waals surface area (Å²) in [6, 6.07) is 7.93. The van der Waals surface area contributed by atoms with E-state index in [-0.39, 0.29) is 18.5 Å². The van der Waals surface area contributed by atoms with E-state index >= 15 is 0 Å². The summed E-state index contributed by atoms with van der Waals surface area (Å²) in [5.41, 5.74) is 7.05. The van der Waals surface area contributed by atoms with Gasteiger partial charge >= 0.3 is 0 Å². The molecule has 23 heavy (non-hydrogen) atoms. The zero-order chi connectivity index (χ0) is 15.6. The van der Waals surface area contributed by atoms with Crippen LogP contribution in [-0.4, -0.2) is 10.1 Å². The molecule has 1 saturated carbocycles.